The summed E-state index contributed by atoms with van der Waals surface area (Å²) in [6.45, 7) is 2.05. The smallest absolute Gasteiger partial charge is 0.119 e. The van der Waals surface area contributed by atoms with Gasteiger partial charge in [-0.3, -0.25) is 0 Å². The number of aromatic hydroxyl groups is 1. The Morgan fingerprint density at radius 1 is 0.714 bits per heavy atom. The molecule has 104 valence electrons. The molecule has 0 saturated carbocycles. The molecule has 0 aliphatic carbocycles. The van der Waals surface area contributed by atoms with Gasteiger partial charge in [-0.05, 0) is 24.1 Å². The van der Waals surface area contributed by atoms with Crippen molar-refractivity contribution in [3.63, 3.8) is 0 Å². The van der Waals surface area contributed by atoms with Crippen molar-refractivity contribution in [2.24, 2.45) is 0 Å². The molecule has 0 bridgehead atoms. The van der Waals surface area contributed by atoms with Gasteiger partial charge in [-0.25, -0.2) is 0 Å². The van der Waals surface area contributed by atoms with Crippen LogP contribution in [0.5, 0.6) is 5.75 Å². The molecular formula is C20H18O. The third kappa shape index (κ3) is 2.82. The fraction of sp³-hybridized carbons (Fsp3) is 0.100. The summed E-state index contributed by atoms with van der Waals surface area (Å²) in [6.07, 6.45) is 0. The highest BCUT2D eigenvalue weighted by molar-refractivity contribution is 5.49. The third-order valence-electron chi connectivity index (χ3n) is 3.76. The minimum absolute atomic E-state index is 0.0484. The number of aryl methyl sites for hydroxylation is 1. The molecule has 1 N–H and O–H groups in total. The summed E-state index contributed by atoms with van der Waals surface area (Å²) in [4.78, 5) is 0. The van der Waals surface area contributed by atoms with E-state index < -0.39 is 0 Å². The molecule has 0 aliphatic rings. The highest BCUT2D eigenvalue weighted by Crippen LogP contribution is 2.36. The second-order valence-corrected chi connectivity index (χ2v) is 5.32. The van der Waals surface area contributed by atoms with E-state index in [1.54, 1.807) is 6.07 Å². The molecular weight excluding hydrogens is 256 g/mol. The van der Waals surface area contributed by atoms with Gasteiger partial charge in [-0.2, -0.15) is 0 Å². The van der Waals surface area contributed by atoms with Crippen molar-refractivity contribution in [2.75, 3.05) is 0 Å². The first kappa shape index (κ1) is 13.4. The Kier molecular flexibility index (Phi) is 3.74. The zero-order chi connectivity index (χ0) is 14.7. The van der Waals surface area contributed by atoms with E-state index in [1.165, 1.54) is 11.1 Å². The summed E-state index contributed by atoms with van der Waals surface area (Å²) in [7, 11) is 0. The quantitative estimate of drug-likeness (QED) is 0.675. The lowest BCUT2D eigenvalue weighted by Gasteiger charge is -2.20. The fourth-order valence-corrected chi connectivity index (χ4v) is 2.75. The minimum Gasteiger partial charge on any atom is -0.508 e. The second-order valence-electron chi connectivity index (χ2n) is 5.32. The SMILES string of the molecule is Cc1ccc(O)c(C(c2ccccc2)c2ccccc2)c1. The van der Waals surface area contributed by atoms with E-state index in [-0.39, 0.29) is 5.92 Å². The van der Waals surface area contributed by atoms with E-state index >= 15 is 0 Å². The molecule has 3 aromatic carbocycles. The first-order chi connectivity index (χ1) is 10.3. The highest BCUT2D eigenvalue weighted by Gasteiger charge is 2.19. The molecule has 0 spiro atoms. The van der Waals surface area contributed by atoms with Gasteiger partial charge in [0.05, 0.1) is 0 Å². The van der Waals surface area contributed by atoms with Crippen molar-refractivity contribution in [3.05, 3.63) is 101 Å². The molecule has 0 aliphatic heterocycles. The van der Waals surface area contributed by atoms with Gasteiger partial charge in [0.15, 0.2) is 0 Å². The number of hydrogen-bond donors (Lipinski definition) is 1. The predicted octanol–water partition coefficient (Wildman–Crippen LogP) is 4.88. The molecule has 1 heteroatoms. The monoisotopic (exact) mass is 274 g/mol. The van der Waals surface area contributed by atoms with E-state index in [0.717, 1.165) is 11.1 Å². The maximum atomic E-state index is 10.3. The molecule has 0 radical (unpaired) electrons. The summed E-state index contributed by atoms with van der Waals surface area (Å²) >= 11 is 0. The average Bonchev–Trinajstić information content (AvgIpc) is 2.53. The van der Waals surface area contributed by atoms with E-state index in [2.05, 4.69) is 37.3 Å². The Morgan fingerprint density at radius 3 is 1.76 bits per heavy atom. The van der Waals surface area contributed by atoms with Crippen LogP contribution in [0.15, 0.2) is 78.9 Å². The Bertz CT molecular complexity index is 678. The second kappa shape index (κ2) is 5.84. The molecule has 21 heavy (non-hydrogen) atoms. The van der Waals surface area contributed by atoms with E-state index in [0.29, 0.717) is 5.75 Å². The summed E-state index contributed by atoms with van der Waals surface area (Å²) in [5.74, 6) is 0.394. The normalized spacial score (nSPS) is 10.8. The fourth-order valence-electron chi connectivity index (χ4n) is 2.75. The van der Waals surface area contributed by atoms with Gasteiger partial charge in [-0.15, -0.1) is 0 Å². The van der Waals surface area contributed by atoms with Gasteiger partial charge in [0.2, 0.25) is 0 Å². The standard InChI is InChI=1S/C20H18O/c1-15-12-13-19(21)18(14-15)20(16-8-4-2-5-9-16)17-10-6-3-7-11-17/h2-14,20-21H,1H3. The molecule has 0 atom stereocenters. The largest absolute Gasteiger partial charge is 0.508 e. The molecule has 3 rings (SSSR count). The average molecular weight is 274 g/mol. The van der Waals surface area contributed by atoms with Crippen LogP contribution in [0, 0.1) is 6.92 Å². The van der Waals surface area contributed by atoms with Crippen LogP contribution in [0.25, 0.3) is 0 Å². The number of hydrogen-bond acceptors (Lipinski definition) is 1. The molecule has 0 unspecified atom stereocenters. The van der Waals surface area contributed by atoms with Crippen molar-refractivity contribution in [2.45, 2.75) is 12.8 Å². The Morgan fingerprint density at radius 2 is 1.24 bits per heavy atom. The van der Waals surface area contributed by atoms with Crippen LogP contribution in [0.4, 0.5) is 0 Å². The van der Waals surface area contributed by atoms with Gasteiger partial charge in [0.25, 0.3) is 0 Å². The van der Waals surface area contributed by atoms with Gasteiger partial charge in [0.1, 0.15) is 5.75 Å². The molecule has 0 heterocycles. The van der Waals surface area contributed by atoms with Crippen LogP contribution in [0.1, 0.15) is 28.2 Å². The topological polar surface area (TPSA) is 20.2 Å². The number of phenols is 1. The summed E-state index contributed by atoms with van der Waals surface area (Å²) in [5, 5.41) is 10.3. The van der Waals surface area contributed by atoms with Crippen LogP contribution >= 0.6 is 0 Å². The third-order valence-corrected chi connectivity index (χ3v) is 3.76. The molecule has 0 fully saturated rings. The lowest BCUT2D eigenvalue weighted by molar-refractivity contribution is 0.467. The van der Waals surface area contributed by atoms with Crippen LogP contribution < -0.4 is 0 Å². The summed E-state index contributed by atoms with van der Waals surface area (Å²) in [5.41, 5.74) is 4.47. The molecule has 3 aromatic rings. The predicted molar refractivity (Wildman–Crippen MR) is 86.7 cm³/mol. The lowest BCUT2D eigenvalue weighted by Crippen LogP contribution is -2.04. The minimum atomic E-state index is 0.0484. The van der Waals surface area contributed by atoms with Crippen LogP contribution in [-0.4, -0.2) is 5.11 Å². The summed E-state index contributed by atoms with van der Waals surface area (Å²) < 4.78 is 0. The van der Waals surface area contributed by atoms with E-state index in [1.807, 2.05) is 42.5 Å². The highest BCUT2D eigenvalue weighted by atomic mass is 16.3. The maximum Gasteiger partial charge on any atom is 0.119 e. The van der Waals surface area contributed by atoms with Crippen molar-refractivity contribution in [1.82, 2.24) is 0 Å². The number of benzene rings is 3. The van der Waals surface area contributed by atoms with Crippen molar-refractivity contribution in [3.8, 4) is 5.75 Å². The van der Waals surface area contributed by atoms with Crippen LogP contribution in [-0.2, 0) is 0 Å². The molecule has 0 amide bonds. The molecule has 0 aromatic heterocycles. The first-order valence-corrected chi connectivity index (χ1v) is 7.15. The number of rotatable bonds is 3. The Hall–Kier alpha value is -2.54. The molecule has 1 nitrogen and oxygen atoms in total. The number of phenolic OH excluding ortho intramolecular Hbond substituents is 1. The lowest BCUT2D eigenvalue weighted by atomic mass is 9.84. The van der Waals surface area contributed by atoms with Crippen molar-refractivity contribution in [1.29, 1.82) is 0 Å². The molecule has 0 saturated heterocycles. The van der Waals surface area contributed by atoms with Gasteiger partial charge >= 0.3 is 0 Å². The zero-order valence-corrected chi connectivity index (χ0v) is 12.0. The van der Waals surface area contributed by atoms with Gasteiger partial charge in [0, 0.05) is 11.5 Å². The Balaban J connectivity index is 2.20. The van der Waals surface area contributed by atoms with Crippen molar-refractivity contribution >= 4 is 0 Å². The first-order valence-electron chi connectivity index (χ1n) is 7.15. The summed E-state index contributed by atoms with van der Waals surface area (Å²) in [6, 6.07) is 26.4. The van der Waals surface area contributed by atoms with Crippen molar-refractivity contribution < 1.29 is 5.11 Å². The van der Waals surface area contributed by atoms with Gasteiger partial charge < -0.3 is 5.11 Å². The zero-order valence-electron chi connectivity index (χ0n) is 12.0. The van der Waals surface area contributed by atoms with E-state index in [9.17, 15) is 5.11 Å². The van der Waals surface area contributed by atoms with Crippen LogP contribution in [0.2, 0.25) is 0 Å². The van der Waals surface area contributed by atoms with Crippen LogP contribution in [0.3, 0.4) is 0 Å². The van der Waals surface area contributed by atoms with E-state index in [4.69, 9.17) is 0 Å². The Labute approximate surface area is 125 Å². The maximum absolute atomic E-state index is 10.3. The van der Waals surface area contributed by atoms with Gasteiger partial charge in [-0.1, -0.05) is 78.4 Å².